The molecular formula is C24H21NO4. The number of aryl methyl sites for hydroxylation is 1. The minimum Gasteiger partial charge on any atom is -0.486 e. The van der Waals surface area contributed by atoms with Crippen LogP contribution in [0.25, 0.3) is 0 Å². The standard InChI is InChI=1S/C24H21NO4/c1-16-7-9-18(10-8-16)24(29-15-17-5-3-2-4-6-17)20-14-22-21(27-11-12-28-22)13-19(20)23(26)25-24/h2-10,13-14H,11-12,15H2,1H3,(H,25,26)/t24-/m0/s1. The Bertz CT molecular complexity index is 1060. The summed E-state index contributed by atoms with van der Waals surface area (Å²) in [5, 5.41) is 3.09. The summed E-state index contributed by atoms with van der Waals surface area (Å²) in [5.74, 6) is 1.03. The second-order valence-corrected chi connectivity index (χ2v) is 7.32. The van der Waals surface area contributed by atoms with Crippen molar-refractivity contribution in [3.8, 4) is 11.5 Å². The molecule has 2 heterocycles. The van der Waals surface area contributed by atoms with Crippen molar-refractivity contribution < 1.29 is 19.0 Å². The van der Waals surface area contributed by atoms with Gasteiger partial charge in [0.25, 0.3) is 5.91 Å². The first-order chi connectivity index (χ1) is 14.2. The number of fused-ring (bicyclic) bond motifs is 2. The summed E-state index contributed by atoms with van der Waals surface area (Å²) in [6.07, 6.45) is 0. The Labute approximate surface area is 169 Å². The second-order valence-electron chi connectivity index (χ2n) is 7.32. The largest absolute Gasteiger partial charge is 0.486 e. The highest BCUT2D eigenvalue weighted by Gasteiger charge is 2.47. The first-order valence-corrected chi connectivity index (χ1v) is 9.67. The molecule has 29 heavy (non-hydrogen) atoms. The second kappa shape index (κ2) is 6.94. The Kier molecular flexibility index (Phi) is 4.25. The van der Waals surface area contributed by atoms with Crippen molar-refractivity contribution in [2.45, 2.75) is 19.3 Å². The molecule has 3 aromatic carbocycles. The number of ether oxygens (including phenoxy) is 3. The molecule has 1 N–H and O–H groups in total. The van der Waals surface area contributed by atoms with Gasteiger partial charge in [0.2, 0.25) is 0 Å². The van der Waals surface area contributed by atoms with Crippen LogP contribution in [0.5, 0.6) is 11.5 Å². The van der Waals surface area contributed by atoms with Gasteiger partial charge in [-0.15, -0.1) is 0 Å². The van der Waals surface area contributed by atoms with Crippen LogP contribution in [0.3, 0.4) is 0 Å². The molecule has 146 valence electrons. The van der Waals surface area contributed by atoms with Crippen molar-refractivity contribution in [1.29, 1.82) is 0 Å². The predicted octanol–water partition coefficient (Wildman–Crippen LogP) is 3.93. The van der Waals surface area contributed by atoms with Gasteiger partial charge in [0, 0.05) is 11.1 Å². The van der Waals surface area contributed by atoms with Crippen molar-refractivity contribution >= 4 is 5.91 Å². The topological polar surface area (TPSA) is 56.8 Å². The number of rotatable bonds is 4. The number of carbonyl (C=O) groups is 1. The van der Waals surface area contributed by atoms with Crippen LogP contribution in [0.2, 0.25) is 0 Å². The third-order valence-corrected chi connectivity index (χ3v) is 5.35. The summed E-state index contributed by atoms with van der Waals surface area (Å²) in [7, 11) is 0. The zero-order valence-corrected chi connectivity index (χ0v) is 16.1. The fourth-order valence-corrected chi connectivity index (χ4v) is 3.84. The zero-order valence-electron chi connectivity index (χ0n) is 16.1. The SMILES string of the molecule is Cc1ccc([C@@]2(OCc3ccccc3)NC(=O)c3cc4c(cc32)OCCO4)cc1. The monoisotopic (exact) mass is 387 g/mol. The fourth-order valence-electron chi connectivity index (χ4n) is 3.84. The Morgan fingerprint density at radius 3 is 2.38 bits per heavy atom. The highest BCUT2D eigenvalue weighted by molar-refractivity contribution is 6.01. The number of hydrogen-bond donors (Lipinski definition) is 1. The van der Waals surface area contributed by atoms with Gasteiger partial charge in [0.15, 0.2) is 17.2 Å². The number of hydrogen-bond acceptors (Lipinski definition) is 4. The molecule has 0 saturated carbocycles. The smallest absolute Gasteiger partial charge is 0.254 e. The van der Waals surface area contributed by atoms with Crippen molar-refractivity contribution in [3.05, 3.63) is 94.5 Å². The Morgan fingerprint density at radius 2 is 1.66 bits per heavy atom. The van der Waals surface area contributed by atoms with Gasteiger partial charge < -0.3 is 19.5 Å². The third kappa shape index (κ3) is 3.04. The fraction of sp³-hybridized carbons (Fsp3) is 0.208. The molecule has 3 aromatic rings. The highest BCUT2D eigenvalue weighted by Crippen LogP contribution is 2.44. The highest BCUT2D eigenvalue weighted by atomic mass is 16.6. The van der Waals surface area contributed by atoms with Crippen LogP contribution in [0.1, 0.15) is 32.6 Å². The quantitative estimate of drug-likeness (QED) is 0.737. The summed E-state index contributed by atoms with van der Waals surface area (Å²) in [6.45, 7) is 3.34. The van der Waals surface area contributed by atoms with E-state index in [2.05, 4.69) is 5.32 Å². The molecule has 1 atom stereocenters. The molecular weight excluding hydrogens is 366 g/mol. The molecule has 1 amide bonds. The zero-order chi connectivity index (χ0) is 19.8. The molecule has 2 aliphatic rings. The lowest BCUT2D eigenvalue weighted by atomic mass is 9.93. The molecule has 5 rings (SSSR count). The number of benzene rings is 3. The lowest BCUT2D eigenvalue weighted by molar-refractivity contribution is -0.0438. The Morgan fingerprint density at radius 1 is 0.966 bits per heavy atom. The van der Waals surface area contributed by atoms with E-state index in [0.29, 0.717) is 36.9 Å². The van der Waals surface area contributed by atoms with Crippen LogP contribution in [0.4, 0.5) is 0 Å². The van der Waals surface area contributed by atoms with E-state index in [-0.39, 0.29) is 5.91 Å². The van der Waals surface area contributed by atoms with Crippen LogP contribution < -0.4 is 14.8 Å². The summed E-state index contributed by atoms with van der Waals surface area (Å²) in [6, 6.07) is 21.6. The van der Waals surface area contributed by atoms with Crippen LogP contribution in [-0.2, 0) is 17.1 Å². The Balaban J connectivity index is 1.63. The van der Waals surface area contributed by atoms with Gasteiger partial charge in [0.1, 0.15) is 13.2 Å². The van der Waals surface area contributed by atoms with Crippen molar-refractivity contribution in [3.63, 3.8) is 0 Å². The van der Waals surface area contributed by atoms with E-state index >= 15 is 0 Å². The number of amides is 1. The van der Waals surface area contributed by atoms with Crippen molar-refractivity contribution in [2.75, 3.05) is 13.2 Å². The minimum absolute atomic E-state index is 0.189. The van der Waals surface area contributed by atoms with E-state index in [4.69, 9.17) is 14.2 Å². The Hall–Kier alpha value is -3.31. The van der Waals surface area contributed by atoms with Crippen LogP contribution in [0, 0.1) is 6.92 Å². The van der Waals surface area contributed by atoms with E-state index < -0.39 is 5.72 Å². The maximum absolute atomic E-state index is 12.9. The molecule has 0 unspecified atom stereocenters. The number of carbonyl (C=O) groups excluding carboxylic acids is 1. The molecule has 5 heteroatoms. The van der Waals surface area contributed by atoms with Crippen LogP contribution in [-0.4, -0.2) is 19.1 Å². The summed E-state index contributed by atoms with van der Waals surface area (Å²) < 4.78 is 17.9. The van der Waals surface area contributed by atoms with E-state index in [1.54, 1.807) is 6.07 Å². The molecule has 0 aromatic heterocycles. The van der Waals surface area contributed by atoms with E-state index in [1.807, 2.05) is 67.6 Å². The van der Waals surface area contributed by atoms with Crippen LogP contribution in [0.15, 0.2) is 66.7 Å². The van der Waals surface area contributed by atoms with E-state index in [0.717, 1.165) is 22.3 Å². The summed E-state index contributed by atoms with van der Waals surface area (Å²) >= 11 is 0. The molecule has 0 aliphatic carbocycles. The van der Waals surface area contributed by atoms with E-state index in [9.17, 15) is 4.79 Å². The van der Waals surface area contributed by atoms with Gasteiger partial charge in [-0.2, -0.15) is 0 Å². The van der Waals surface area contributed by atoms with Gasteiger partial charge in [0.05, 0.1) is 12.2 Å². The first-order valence-electron chi connectivity index (χ1n) is 9.67. The molecule has 0 fully saturated rings. The molecule has 0 radical (unpaired) electrons. The maximum Gasteiger partial charge on any atom is 0.254 e. The number of nitrogens with one attached hydrogen (secondary N) is 1. The van der Waals surface area contributed by atoms with Gasteiger partial charge >= 0.3 is 0 Å². The normalized spacial score (nSPS) is 19.6. The minimum atomic E-state index is -1.09. The van der Waals surface area contributed by atoms with Gasteiger partial charge in [-0.3, -0.25) is 4.79 Å². The molecule has 0 spiro atoms. The third-order valence-electron chi connectivity index (χ3n) is 5.35. The first kappa shape index (κ1) is 17.8. The maximum atomic E-state index is 12.9. The van der Waals surface area contributed by atoms with Crippen molar-refractivity contribution in [2.24, 2.45) is 0 Å². The molecule has 2 aliphatic heterocycles. The molecule has 0 saturated heterocycles. The lowest BCUT2D eigenvalue weighted by Crippen LogP contribution is -2.43. The van der Waals surface area contributed by atoms with Gasteiger partial charge in [-0.1, -0.05) is 60.2 Å². The van der Waals surface area contributed by atoms with E-state index in [1.165, 1.54) is 0 Å². The average molecular weight is 387 g/mol. The predicted molar refractivity (Wildman–Crippen MR) is 108 cm³/mol. The van der Waals surface area contributed by atoms with Gasteiger partial charge in [-0.25, -0.2) is 0 Å². The molecule has 5 nitrogen and oxygen atoms in total. The van der Waals surface area contributed by atoms with Crippen LogP contribution >= 0.6 is 0 Å². The van der Waals surface area contributed by atoms with Gasteiger partial charge in [-0.05, 0) is 24.6 Å². The van der Waals surface area contributed by atoms with Crippen molar-refractivity contribution in [1.82, 2.24) is 5.32 Å². The summed E-state index contributed by atoms with van der Waals surface area (Å²) in [5.41, 5.74) is 3.22. The average Bonchev–Trinajstić information content (AvgIpc) is 3.04. The summed E-state index contributed by atoms with van der Waals surface area (Å²) in [4.78, 5) is 12.9. The lowest BCUT2D eigenvalue weighted by Gasteiger charge is -2.32. The molecule has 0 bridgehead atoms.